The number of nitrogens with one attached hydrogen (secondary N) is 1. The summed E-state index contributed by atoms with van der Waals surface area (Å²) < 4.78 is 27.9. The van der Waals surface area contributed by atoms with Gasteiger partial charge in [-0.3, -0.25) is 4.79 Å². The zero-order valence-corrected chi connectivity index (χ0v) is 21.1. The standard InChI is InChI=1S/C23H29N5O3S2/c1-6-13-28-21(18-10-7-9-16(2)14-18)25-26-23(28)32-17(3)22(29)24-19-11-8-12-20(15-19)33(30,31)27(4)5/h7-12,14-15,17H,6,13H2,1-5H3,(H,24,29)/t17-/m1/s1. The van der Waals surface area contributed by atoms with Crippen LogP contribution in [0.3, 0.4) is 0 Å². The maximum Gasteiger partial charge on any atom is 0.242 e. The second kappa shape index (κ2) is 10.5. The topological polar surface area (TPSA) is 97.2 Å². The normalized spacial score (nSPS) is 12.7. The van der Waals surface area contributed by atoms with Crippen molar-refractivity contribution in [2.45, 2.75) is 49.0 Å². The summed E-state index contributed by atoms with van der Waals surface area (Å²) in [6.07, 6.45) is 0.901. The Morgan fingerprint density at radius 2 is 1.88 bits per heavy atom. The third-order valence-corrected chi connectivity index (χ3v) is 7.86. The van der Waals surface area contributed by atoms with Gasteiger partial charge in [0.2, 0.25) is 15.9 Å². The zero-order chi connectivity index (χ0) is 24.2. The number of aromatic nitrogens is 3. The lowest BCUT2D eigenvalue weighted by atomic mass is 10.1. The van der Waals surface area contributed by atoms with Crippen molar-refractivity contribution in [3.05, 3.63) is 54.1 Å². The molecule has 2 aromatic carbocycles. The Balaban J connectivity index is 1.78. The Morgan fingerprint density at radius 1 is 1.15 bits per heavy atom. The van der Waals surface area contributed by atoms with Crippen molar-refractivity contribution in [3.8, 4) is 11.4 Å². The number of nitrogens with zero attached hydrogens (tertiary/aromatic N) is 4. The van der Waals surface area contributed by atoms with E-state index >= 15 is 0 Å². The number of amides is 1. The lowest BCUT2D eigenvalue weighted by Gasteiger charge is -2.15. The monoisotopic (exact) mass is 487 g/mol. The first-order valence-electron chi connectivity index (χ1n) is 10.6. The number of carbonyl (C=O) groups is 1. The number of aryl methyl sites for hydroxylation is 1. The molecule has 0 saturated heterocycles. The van der Waals surface area contributed by atoms with Crippen molar-refractivity contribution in [2.24, 2.45) is 0 Å². The summed E-state index contributed by atoms with van der Waals surface area (Å²) in [5, 5.41) is 11.7. The largest absolute Gasteiger partial charge is 0.325 e. The summed E-state index contributed by atoms with van der Waals surface area (Å²) in [6.45, 7) is 6.64. The minimum absolute atomic E-state index is 0.121. The molecule has 0 saturated carbocycles. The summed E-state index contributed by atoms with van der Waals surface area (Å²) in [4.78, 5) is 13.0. The minimum Gasteiger partial charge on any atom is -0.325 e. The van der Waals surface area contributed by atoms with Crippen LogP contribution < -0.4 is 5.32 Å². The zero-order valence-electron chi connectivity index (χ0n) is 19.4. The van der Waals surface area contributed by atoms with Crippen LogP contribution in [0.2, 0.25) is 0 Å². The Morgan fingerprint density at radius 3 is 2.55 bits per heavy atom. The molecule has 0 bridgehead atoms. The van der Waals surface area contributed by atoms with E-state index in [0.717, 1.165) is 34.2 Å². The van der Waals surface area contributed by atoms with Gasteiger partial charge >= 0.3 is 0 Å². The van der Waals surface area contributed by atoms with E-state index in [4.69, 9.17) is 0 Å². The molecule has 1 amide bonds. The Labute approximate surface area is 199 Å². The Bertz CT molecular complexity index is 1240. The molecule has 0 aliphatic rings. The van der Waals surface area contributed by atoms with E-state index in [1.807, 2.05) is 29.7 Å². The smallest absolute Gasteiger partial charge is 0.242 e. The van der Waals surface area contributed by atoms with Crippen molar-refractivity contribution in [1.29, 1.82) is 0 Å². The SMILES string of the molecule is CCCn1c(S[C@H](C)C(=O)Nc2cccc(S(=O)(=O)N(C)C)c2)nnc1-c1cccc(C)c1. The lowest BCUT2D eigenvalue weighted by molar-refractivity contribution is -0.115. The lowest BCUT2D eigenvalue weighted by Crippen LogP contribution is -2.24. The molecule has 3 aromatic rings. The van der Waals surface area contributed by atoms with Gasteiger partial charge in [-0.1, -0.05) is 48.5 Å². The van der Waals surface area contributed by atoms with Crippen LogP contribution in [-0.4, -0.2) is 52.7 Å². The number of carbonyl (C=O) groups excluding carboxylic acids is 1. The first-order chi connectivity index (χ1) is 15.6. The highest BCUT2D eigenvalue weighted by Gasteiger charge is 2.22. The molecule has 0 spiro atoms. The summed E-state index contributed by atoms with van der Waals surface area (Å²) >= 11 is 1.32. The number of thioether (sulfide) groups is 1. The van der Waals surface area contributed by atoms with Gasteiger partial charge in [0.05, 0.1) is 10.1 Å². The van der Waals surface area contributed by atoms with Gasteiger partial charge < -0.3 is 9.88 Å². The van der Waals surface area contributed by atoms with Crippen molar-refractivity contribution in [3.63, 3.8) is 0 Å². The van der Waals surface area contributed by atoms with E-state index in [1.54, 1.807) is 19.1 Å². The van der Waals surface area contributed by atoms with E-state index < -0.39 is 15.3 Å². The number of anilines is 1. The molecule has 0 radical (unpaired) electrons. The second-order valence-electron chi connectivity index (χ2n) is 7.89. The molecule has 1 heterocycles. The van der Waals surface area contributed by atoms with Crippen LogP contribution in [0.25, 0.3) is 11.4 Å². The fourth-order valence-corrected chi connectivity index (χ4v) is 5.02. The summed E-state index contributed by atoms with van der Waals surface area (Å²) in [6, 6.07) is 14.3. The van der Waals surface area contributed by atoms with Crippen LogP contribution in [0.1, 0.15) is 25.8 Å². The van der Waals surface area contributed by atoms with Gasteiger partial charge in [0.15, 0.2) is 11.0 Å². The predicted octanol–water partition coefficient (Wildman–Crippen LogP) is 4.03. The van der Waals surface area contributed by atoms with Crippen molar-refractivity contribution >= 4 is 33.4 Å². The fourth-order valence-electron chi connectivity index (χ4n) is 3.20. The first kappa shape index (κ1) is 24.9. The minimum atomic E-state index is -3.59. The first-order valence-corrected chi connectivity index (χ1v) is 13.0. The van der Waals surface area contributed by atoms with E-state index in [0.29, 0.717) is 10.8 Å². The molecule has 1 atom stereocenters. The average molecular weight is 488 g/mol. The molecule has 1 N–H and O–H groups in total. The Hall–Kier alpha value is -2.69. The molecule has 1 aromatic heterocycles. The molecule has 3 rings (SSSR count). The average Bonchev–Trinajstić information content (AvgIpc) is 3.16. The van der Waals surface area contributed by atoms with E-state index in [1.165, 1.54) is 38.0 Å². The molecule has 0 fully saturated rings. The number of rotatable bonds is 9. The quantitative estimate of drug-likeness (QED) is 0.458. The molecule has 0 aliphatic carbocycles. The van der Waals surface area contributed by atoms with Gasteiger partial charge in [-0.05, 0) is 44.5 Å². The van der Waals surface area contributed by atoms with Crippen LogP contribution in [0, 0.1) is 6.92 Å². The highest BCUT2D eigenvalue weighted by atomic mass is 32.2. The second-order valence-corrected chi connectivity index (χ2v) is 11.4. The van der Waals surface area contributed by atoms with Crippen LogP contribution in [0.4, 0.5) is 5.69 Å². The van der Waals surface area contributed by atoms with Crippen LogP contribution in [0.5, 0.6) is 0 Å². The summed E-state index contributed by atoms with van der Waals surface area (Å²) in [7, 11) is -0.649. The van der Waals surface area contributed by atoms with Crippen molar-refractivity contribution < 1.29 is 13.2 Å². The highest BCUT2D eigenvalue weighted by Crippen LogP contribution is 2.28. The van der Waals surface area contributed by atoms with Gasteiger partial charge in [0, 0.05) is 31.9 Å². The van der Waals surface area contributed by atoms with E-state index in [-0.39, 0.29) is 10.8 Å². The predicted molar refractivity (Wildman–Crippen MR) is 132 cm³/mol. The molecule has 10 heteroatoms. The maximum atomic E-state index is 12.9. The summed E-state index contributed by atoms with van der Waals surface area (Å²) in [5.74, 6) is 0.528. The molecule has 8 nitrogen and oxygen atoms in total. The van der Waals surface area contributed by atoms with E-state index in [9.17, 15) is 13.2 Å². The number of benzene rings is 2. The third kappa shape index (κ3) is 5.82. The molecule has 176 valence electrons. The molecular formula is C23H29N5O3S2. The number of hydrogen-bond acceptors (Lipinski definition) is 6. The van der Waals surface area contributed by atoms with Crippen LogP contribution >= 0.6 is 11.8 Å². The number of hydrogen-bond donors (Lipinski definition) is 1. The van der Waals surface area contributed by atoms with Gasteiger partial charge in [-0.25, -0.2) is 12.7 Å². The molecular weight excluding hydrogens is 458 g/mol. The Kier molecular flexibility index (Phi) is 7.93. The third-order valence-electron chi connectivity index (χ3n) is 4.97. The number of sulfonamides is 1. The highest BCUT2D eigenvalue weighted by molar-refractivity contribution is 8.00. The van der Waals surface area contributed by atoms with Crippen LogP contribution in [-0.2, 0) is 21.4 Å². The molecule has 0 aliphatic heterocycles. The van der Waals surface area contributed by atoms with E-state index in [2.05, 4.69) is 28.5 Å². The van der Waals surface area contributed by atoms with Gasteiger partial charge in [-0.2, -0.15) is 0 Å². The van der Waals surface area contributed by atoms with Crippen LogP contribution in [0.15, 0.2) is 58.6 Å². The maximum absolute atomic E-state index is 12.9. The fraction of sp³-hybridized carbons (Fsp3) is 0.348. The van der Waals surface area contributed by atoms with Gasteiger partial charge in [0.25, 0.3) is 0 Å². The van der Waals surface area contributed by atoms with Gasteiger partial charge in [-0.15, -0.1) is 10.2 Å². The molecule has 0 unspecified atom stereocenters. The van der Waals surface area contributed by atoms with Crippen molar-refractivity contribution in [2.75, 3.05) is 19.4 Å². The molecule has 33 heavy (non-hydrogen) atoms. The van der Waals surface area contributed by atoms with Crippen molar-refractivity contribution in [1.82, 2.24) is 19.1 Å². The summed E-state index contributed by atoms with van der Waals surface area (Å²) in [5.41, 5.74) is 2.55. The van der Waals surface area contributed by atoms with Gasteiger partial charge in [0.1, 0.15) is 0 Å².